The average molecular weight is 128 g/mol. The molecule has 2 atom stereocenters. The molecule has 1 fully saturated rings. The standard InChI is InChI=1S/C7H12O2/c8-4-6-1-2-7(3-6)5-9/h4,6-7,9H,1-3,5H2/t6-,7-/m1/s1. The van der Waals surface area contributed by atoms with Crippen molar-refractivity contribution in [1.82, 2.24) is 0 Å². The monoisotopic (exact) mass is 128 g/mol. The maximum Gasteiger partial charge on any atom is 0.123 e. The molecule has 0 aromatic carbocycles. The van der Waals surface area contributed by atoms with Crippen molar-refractivity contribution >= 4 is 6.29 Å². The Morgan fingerprint density at radius 3 is 2.67 bits per heavy atom. The first kappa shape index (κ1) is 6.75. The third-order valence-electron chi connectivity index (χ3n) is 2.03. The summed E-state index contributed by atoms with van der Waals surface area (Å²) in [6.45, 7) is 0.254. The molecule has 2 nitrogen and oxygen atoms in total. The van der Waals surface area contributed by atoms with E-state index < -0.39 is 0 Å². The predicted molar refractivity (Wildman–Crippen MR) is 34.0 cm³/mol. The molecule has 0 radical (unpaired) electrons. The molecule has 0 aromatic rings. The second-order valence-electron chi connectivity index (χ2n) is 2.76. The normalized spacial score (nSPS) is 34.8. The van der Waals surface area contributed by atoms with Crippen molar-refractivity contribution in [3.63, 3.8) is 0 Å². The molecule has 0 aliphatic heterocycles. The van der Waals surface area contributed by atoms with E-state index in [0.29, 0.717) is 5.92 Å². The lowest BCUT2D eigenvalue weighted by atomic mass is 10.1. The molecule has 0 unspecified atom stereocenters. The molecule has 0 saturated heterocycles. The molecular weight excluding hydrogens is 116 g/mol. The van der Waals surface area contributed by atoms with Gasteiger partial charge in [0.05, 0.1) is 0 Å². The van der Waals surface area contributed by atoms with Gasteiger partial charge < -0.3 is 9.90 Å². The number of carbonyl (C=O) groups is 1. The van der Waals surface area contributed by atoms with Gasteiger partial charge in [-0.1, -0.05) is 0 Å². The number of aliphatic hydroxyl groups is 1. The highest BCUT2D eigenvalue weighted by Gasteiger charge is 2.22. The van der Waals surface area contributed by atoms with Crippen molar-refractivity contribution < 1.29 is 9.90 Å². The molecule has 0 amide bonds. The first-order chi connectivity index (χ1) is 4.36. The molecule has 2 heteroatoms. The molecule has 0 spiro atoms. The Morgan fingerprint density at radius 1 is 1.56 bits per heavy atom. The highest BCUT2D eigenvalue weighted by atomic mass is 16.3. The first-order valence-electron chi connectivity index (χ1n) is 3.43. The fourth-order valence-electron chi connectivity index (χ4n) is 1.40. The van der Waals surface area contributed by atoms with Gasteiger partial charge >= 0.3 is 0 Å². The van der Waals surface area contributed by atoms with Gasteiger partial charge in [0.1, 0.15) is 6.29 Å². The largest absolute Gasteiger partial charge is 0.396 e. The number of rotatable bonds is 2. The third-order valence-corrected chi connectivity index (χ3v) is 2.03. The number of aldehydes is 1. The Kier molecular flexibility index (Phi) is 2.22. The van der Waals surface area contributed by atoms with E-state index in [1.54, 1.807) is 0 Å². The molecule has 0 bridgehead atoms. The molecule has 1 aliphatic rings. The van der Waals surface area contributed by atoms with Crippen LogP contribution in [0.5, 0.6) is 0 Å². The summed E-state index contributed by atoms with van der Waals surface area (Å²) in [6.07, 6.45) is 3.92. The molecule has 1 aliphatic carbocycles. The second kappa shape index (κ2) is 2.97. The van der Waals surface area contributed by atoms with Gasteiger partial charge in [0, 0.05) is 12.5 Å². The van der Waals surface area contributed by atoms with Crippen molar-refractivity contribution in [2.24, 2.45) is 11.8 Å². The fourth-order valence-corrected chi connectivity index (χ4v) is 1.40. The quantitative estimate of drug-likeness (QED) is 0.553. The minimum absolute atomic E-state index is 0.238. The predicted octanol–water partition coefficient (Wildman–Crippen LogP) is 0.594. The van der Waals surface area contributed by atoms with Crippen LogP contribution in [0.1, 0.15) is 19.3 Å². The molecule has 1 N–H and O–H groups in total. The van der Waals surface area contributed by atoms with Gasteiger partial charge in [0.2, 0.25) is 0 Å². The lowest BCUT2D eigenvalue weighted by molar-refractivity contribution is -0.111. The van der Waals surface area contributed by atoms with E-state index in [9.17, 15) is 4.79 Å². The van der Waals surface area contributed by atoms with Gasteiger partial charge in [-0.25, -0.2) is 0 Å². The third kappa shape index (κ3) is 1.52. The summed E-state index contributed by atoms with van der Waals surface area (Å²) in [5.74, 6) is 0.641. The van der Waals surface area contributed by atoms with Crippen LogP contribution in [-0.2, 0) is 4.79 Å². The minimum Gasteiger partial charge on any atom is -0.396 e. The smallest absolute Gasteiger partial charge is 0.123 e. The molecule has 1 rings (SSSR count). The topological polar surface area (TPSA) is 37.3 Å². The summed E-state index contributed by atoms with van der Waals surface area (Å²) >= 11 is 0. The molecule has 9 heavy (non-hydrogen) atoms. The Bertz CT molecular complexity index is 101. The van der Waals surface area contributed by atoms with E-state index in [2.05, 4.69) is 0 Å². The van der Waals surface area contributed by atoms with Gasteiger partial charge in [-0.05, 0) is 25.2 Å². The van der Waals surface area contributed by atoms with Crippen molar-refractivity contribution in [2.75, 3.05) is 6.61 Å². The lowest BCUT2D eigenvalue weighted by Gasteiger charge is -2.00. The molecule has 52 valence electrons. The zero-order valence-electron chi connectivity index (χ0n) is 5.42. The van der Waals surface area contributed by atoms with E-state index in [4.69, 9.17) is 5.11 Å². The van der Waals surface area contributed by atoms with Crippen molar-refractivity contribution in [2.45, 2.75) is 19.3 Å². The lowest BCUT2D eigenvalue weighted by Crippen LogP contribution is -2.01. The van der Waals surface area contributed by atoms with Gasteiger partial charge in [-0.3, -0.25) is 0 Å². The zero-order chi connectivity index (χ0) is 6.69. The summed E-state index contributed by atoms with van der Waals surface area (Å²) in [6, 6.07) is 0. The Morgan fingerprint density at radius 2 is 2.33 bits per heavy atom. The van der Waals surface area contributed by atoms with Crippen molar-refractivity contribution in [3.05, 3.63) is 0 Å². The summed E-state index contributed by atoms with van der Waals surface area (Å²) in [5.41, 5.74) is 0. The summed E-state index contributed by atoms with van der Waals surface area (Å²) < 4.78 is 0. The van der Waals surface area contributed by atoms with E-state index in [1.165, 1.54) is 0 Å². The summed E-state index contributed by atoms with van der Waals surface area (Å²) in [4.78, 5) is 10.2. The van der Waals surface area contributed by atoms with E-state index in [1.807, 2.05) is 0 Å². The zero-order valence-corrected chi connectivity index (χ0v) is 5.42. The van der Waals surface area contributed by atoms with Crippen LogP contribution in [0.4, 0.5) is 0 Å². The van der Waals surface area contributed by atoms with Crippen LogP contribution < -0.4 is 0 Å². The highest BCUT2D eigenvalue weighted by Crippen LogP contribution is 2.28. The van der Waals surface area contributed by atoms with Gasteiger partial charge in [-0.2, -0.15) is 0 Å². The average Bonchev–Trinajstić information content (AvgIpc) is 2.34. The molecular formula is C7H12O2. The Labute approximate surface area is 54.9 Å². The van der Waals surface area contributed by atoms with Crippen LogP contribution >= 0.6 is 0 Å². The van der Waals surface area contributed by atoms with Crippen LogP contribution in [0.3, 0.4) is 0 Å². The van der Waals surface area contributed by atoms with E-state index in [0.717, 1.165) is 25.5 Å². The molecule has 0 aromatic heterocycles. The van der Waals surface area contributed by atoms with Crippen LogP contribution in [0.2, 0.25) is 0 Å². The number of hydrogen-bond donors (Lipinski definition) is 1. The Hall–Kier alpha value is -0.370. The van der Waals surface area contributed by atoms with Gasteiger partial charge in [0.25, 0.3) is 0 Å². The maximum atomic E-state index is 10.2. The summed E-state index contributed by atoms with van der Waals surface area (Å²) in [5, 5.41) is 8.66. The minimum atomic E-state index is 0.238. The fraction of sp³-hybridized carbons (Fsp3) is 0.857. The van der Waals surface area contributed by atoms with Crippen LogP contribution in [0, 0.1) is 11.8 Å². The van der Waals surface area contributed by atoms with Gasteiger partial charge in [0.15, 0.2) is 0 Å². The van der Waals surface area contributed by atoms with Crippen LogP contribution in [0.25, 0.3) is 0 Å². The van der Waals surface area contributed by atoms with Crippen LogP contribution in [-0.4, -0.2) is 18.0 Å². The van der Waals surface area contributed by atoms with Crippen molar-refractivity contribution in [3.8, 4) is 0 Å². The van der Waals surface area contributed by atoms with Gasteiger partial charge in [-0.15, -0.1) is 0 Å². The first-order valence-corrected chi connectivity index (χ1v) is 3.43. The SMILES string of the molecule is O=C[C@@H]1CC[C@@H](CO)C1. The number of hydrogen-bond acceptors (Lipinski definition) is 2. The van der Waals surface area contributed by atoms with E-state index >= 15 is 0 Å². The van der Waals surface area contributed by atoms with Crippen molar-refractivity contribution in [1.29, 1.82) is 0 Å². The Balaban J connectivity index is 2.28. The van der Waals surface area contributed by atoms with E-state index in [-0.39, 0.29) is 12.5 Å². The summed E-state index contributed by atoms with van der Waals surface area (Å²) in [7, 11) is 0. The number of aliphatic hydroxyl groups excluding tert-OH is 1. The number of carbonyl (C=O) groups excluding carboxylic acids is 1. The van der Waals surface area contributed by atoms with Crippen LogP contribution in [0.15, 0.2) is 0 Å². The molecule has 0 heterocycles. The molecule has 1 saturated carbocycles. The second-order valence-corrected chi connectivity index (χ2v) is 2.76. The maximum absolute atomic E-state index is 10.2. The highest BCUT2D eigenvalue weighted by molar-refractivity contribution is 5.53.